The van der Waals surface area contributed by atoms with Gasteiger partial charge in [0.05, 0.1) is 5.69 Å². The van der Waals surface area contributed by atoms with Gasteiger partial charge in [0.25, 0.3) is 0 Å². The summed E-state index contributed by atoms with van der Waals surface area (Å²) in [4.78, 5) is 9.20. The summed E-state index contributed by atoms with van der Waals surface area (Å²) in [6, 6.07) is 14.4. The maximum absolute atomic E-state index is 5.94. The summed E-state index contributed by atoms with van der Waals surface area (Å²) in [5.41, 5.74) is 3.37. The van der Waals surface area contributed by atoms with Crippen molar-refractivity contribution in [1.29, 1.82) is 0 Å². The van der Waals surface area contributed by atoms with Gasteiger partial charge in [0.1, 0.15) is 11.3 Å². The molecule has 0 saturated carbocycles. The largest absolute Gasteiger partial charge is 0.461 e. The Balaban J connectivity index is 1.79. The van der Waals surface area contributed by atoms with E-state index in [9.17, 15) is 0 Å². The molecule has 132 valence electrons. The molecule has 3 aromatic rings. The highest BCUT2D eigenvalue weighted by Crippen LogP contribution is 2.26. The number of hydrogen-bond donors (Lipinski definition) is 0. The molecule has 0 atom stereocenters. The lowest BCUT2D eigenvalue weighted by Crippen LogP contribution is -2.27. The maximum Gasteiger partial charge on any atom is 0.134 e. The van der Waals surface area contributed by atoms with Crippen molar-refractivity contribution in [1.82, 2.24) is 14.8 Å². The Morgan fingerprint density at radius 1 is 0.960 bits per heavy atom. The minimum Gasteiger partial charge on any atom is -0.461 e. The highest BCUT2D eigenvalue weighted by Gasteiger charge is 2.15. The molecule has 4 nitrogen and oxygen atoms in total. The minimum absolute atomic E-state index is 0.854. The van der Waals surface area contributed by atoms with Crippen molar-refractivity contribution in [3.05, 3.63) is 65.7 Å². The quantitative estimate of drug-likeness (QED) is 0.620. The monoisotopic (exact) mass is 337 g/mol. The molecule has 4 heteroatoms. The van der Waals surface area contributed by atoms with Crippen molar-refractivity contribution in [2.75, 3.05) is 27.2 Å². The SMILES string of the molecule is Cc1oc2ccccc2c1CN(CCCN(C)C)Cc1ccccn1. The molecule has 0 aliphatic heterocycles. The second-order valence-corrected chi connectivity index (χ2v) is 6.82. The van der Waals surface area contributed by atoms with Gasteiger partial charge in [-0.05, 0) is 52.2 Å². The third-order valence-electron chi connectivity index (χ3n) is 4.47. The summed E-state index contributed by atoms with van der Waals surface area (Å²) >= 11 is 0. The molecule has 2 aromatic heterocycles. The molecule has 0 N–H and O–H groups in total. The number of para-hydroxylation sites is 1. The van der Waals surface area contributed by atoms with Gasteiger partial charge in [0.2, 0.25) is 0 Å². The van der Waals surface area contributed by atoms with Gasteiger partial charge in [0, 0.05) is 36.8 Å². The zero-order valence-corrected chi connectivity index (χ0v) is 15.4. The number of nitrogens with zero attached hydrogens (tertiary/aromatic N) is 3. The van der Waals surface area contributed by atoms with E-state index in [1.165, 1.54) is 10.9 Å². The Kier molecular flexibility index (Phi) is 5.84. The number of rotatable bonds is 8. The van der Waals surface area contributed by atoms with Gasteiger partial charge >= 0.3 is 0 Å². The van der Waals surface area contributed by atoms with Crippen molar-refractivity contribution in [3.63, 3.8) is 0 Å². The fourth-order valence-electron chi connectivity index (χ4n) is 3.19. The van der Waals surface area contributed by atoms with Crippen LogP contribution in [0, 0.1) is 6.92 Å². The smallest absolute Gasteiger partial charge is 0.134 e. The average Bonchev–Trinajstić information content (AvgIpc) is 2.91. The summed E-state index contributed by atoms with van der Waals surface area (Å²) in [5.74, 6) is 1.01. The molecular formula is C21H27N3O. The fourth-order valence-corrected chi connectivity index (χ4v) is 3.19. The molecule has 2 heterocycles. The number of pyridine rings is 1. The highest BCUT2D eigenvalue weighted by molar-refractivity contribution is 5.82. The topological polar surface area (TPSA) is 32.5 Å². The summed E-state index contributed by atoms with van der Waals surface area (Å²) in [5, 5.41) is 1.22. The van der Waals surface area contributed by atoms with Crippen molar-refractivity contribution in [3.8, 4) is 0 Å². The highest BCUT2D eigenvalue weighted by atomic mass is 16.3. The van der Waals surface area contributed by atoms with Crippen molar-refractivity contribution >= 4 is 11.0 Å². The Morgan fingerprint density at radius 2 is 1.76 bits per heavy atom. The van der Waals surface area contributed by atoms with E-state index in [4.69, 9.17) is 4.42 Å². The van der Waals surface area contributed by atoms with Gasteiger partial charge in [-0.15, -0.1) is 0 Å². The molecule has 0 aliphatic carbocycles. The lowest BCUT2D eigenvalue weighted by molar-refractivity contribution is 0.236. The van der Waals surface area contributed by atoms with Gasteiger partial charge in [-0.25, -0.2) is 0 Å². The second-order valence-electron chi connectivity index (χ2n) is 6.82. The van der Waals surface area contributed by atoms with E-state index in [1.807, 2.05) is 24.4 Å². The Hall–Kier alpha value is -2.17. The number of benzene rings is 1. The molecule has 0 saturated heterocycles. The molecule has 0 bridgehead atoms. The van der Waals surface area contributed by atoms with Crippen molar-refractivity contribution in [2.45, 2.75) is 26.4 Å². The average molecular weight is 337 g/mol. The van der Waals surface area contributed by atoms with E-state index in [0.29, 0.717) is 0 Å². The number of furan rings is 1. The van der Waals surface area contributed by atoms with Crippen LogP contribution in [0.2, 0.25) is 0 Å². The Morgan fingerprint density at radius 3 is 2.52 bits per heavy atom. The first-order valence-electron chi connectivity index (χ1n) is 8.87. The van der Waals surface area contributed by atoms with Crippen LogP contribution in [0.25, 0.3) is 11.0 Å². The Bertz CT molecular complexity index is 795. The van der Waals surface area contributed by atoms with Crippen LogP contribution in [0.3, 0.4) is 0 Å². The molecule has 0 amide bonds. The molecular weight excluding hydrogens is 310 g/mol. The van der Waals surface area contributed by atoms with Crippen molar-refractivity contribution in [2.24, 2.45) is 0 Å². The van der Waals surface area contributed by atoms with Gasteiger partial charge in [-0.2, -0.15) is 0 Å². The Labute approximate surface area is 150 Å². The summed E-state index contributed by atoms with van der Waals surface area (Å²) in [6.07, 6.45) is 3.00. The fraction of sp³-hybridized carbons (Fsp3) is 0.381. The third-order valence-corrected chi connectivity index (χ3v) is 4.47. The van der Waals surface area contributed by atoms with Gasteiger partial charge < -0.3 is 9.32 Å². The number of aromatic nitrogens is 1. The van der Waals surface area contributed by atoms with Gasteiger partial charge in [-0.1, -0.05) is 24.3 Å². The molecule has 0 fully saturated rings. The van der Waals surface area contributed by atoms with Gasteiger partial charge in [-0.3, -0.25) is 9.88 Å². The first-order chi connectivity index (χ1) is 12.1. The lowest BCUT2D eigenvalue weighted by atomic mass is 10.1. The minimum atomic E-state index is 0.854. The molecule has 25 heavy (non-hydrogen) atoms. The maximum atomic E-state index is 5.94. The van der Waals surface area contributed by atoms with Crippen LogP contribution in [0.5, 0.6) is 0 Å². The lowest BCUT2D eigenvalue weighted by Gasteiger charge is -2.23. The molecule has 1 aromatic carbocycles. The van der Waals surface area contributed by atoms with Crippen LogP contribution < -0.4 is 0 Å². The number of fused-ring (bicyclic) bond motifs is 1. The first kappa shape index (κ1) is 17.6. The summed E-state index contributed by atoms with van der Waals surface area (Å²) in [7, 11) is 4.24. The summed E-state index contributed by atoms with van der Waals surface area (Å²) in [6.45, 7) is 5.92. The van der Waals surface area contributed by atoms with E-state index in [0.717, 1.165) is 49.6 Å². The van der Waals surface area contributed by atoms with Crippen LogP contribution in [0.4, 0.5) is 0 Å². The molecule has 0 unspecified atom stereocenters. The van der Waals surface area contributed by atoms with Crippen LogP contribution in [-0.4, -0.2) is 42.0 Å². The normalized spacial score (nSPS) is 11.7. The third kappa shape index (κ3) is 4.68. The molecule has 0 radical (unpaired) electrons. The second kappa shape index (κ2) is 8.28. The van der Waals surface area contributed by atoms with E-state index in [1.54, 1.807) is 0 Å². The molecule has 3 rings (SSSR count). The van der Waals surface area contributed by atoms with E-state index >= 15 is 0 Å². The van der Waals surface area contributed by atoms with E-state index in [2.05, 4.69) is 60.1 Å². The molecule has 0 spiro atoms. The number of hydrogen-bond acceptors (Lipinski definition) is 4. The predicted molar refractivity (Wildman–Crippen MR) is 102 cm³/mol. The van der Waals surface area contributed by atoms with Crippen LogP contribution in [0.1, 0.15) is 23.4 Å². The number of aryl methyl sites for hydroxylation is 1. The van der Waals surface area contributed by atoms with Crippen LogP contribution >= 0.6 is 0 Å². The summed E-state index contributed by atoms with van der Waals surface area (Å²) < 4.78 is 5.94. The standard InChI is InChI=1S/C21H27N3O/c1-17-20(19-10-4-5-11-21(19)25-17)16-24(14-8-13-23(2)3)15-18-9-6-7-12-22-18/h4-7,9-12H,8,13-16H2,1-3H3. The zero-order valence-electron chi connectivity index (χ0n) is 15.4. The zero-order chi connectivity index (χ0) is 17.6. The van der Waals surface area contributed by atoms with Crippen LogP contribution in [0.15, 0.2) is 53.1 Å². The van der Waals surface area contributed by atoms with Crippen LogP contribution in [-0.2, 0) is 13.1 Å². The van der Waals surface area contributed by atoms with E-state index < -0.39 is 0 Å². The molecule has 0 aliphatic rings. The van der Waals surface area contributed by atoms with E-state index in [-0.39, 0.29) is 0 Å². The van der Waals surface area contributed by atoms with Gasteiger partial charge in [0.15, 0.2) is 0 Å². The predicted octanol–water partition coefficient (Wildman–Crippen LogP) is 4.09. The first-order valence-corrected chi connectivity index (χ1v) is 8.87. The van der Waals surface area contributed by atoms with Crippen molar-refractivity contribution < 1.29 is 4.42 Å².